The molecule has 0 amide bonds. The van der Waals surface area contributed by atoms with Gasteiger partial charge in [0.15, 0.2) is 0 Å². The van der Waals surface area contributed by atoms with Crippen LogP contribution >= 0.6 is 0 Å². The molecule has 3 aromatic carbocycles. The zero-order valence-electron chi connectivity index (χ0n) is 20.0. The van der Waals surface area contributed by atoms with Gasteiger partial charge in [-0.25, -0.2) is 12.2 Å². The molecule has 0 fully saturated rings. The molecule has 0 bridgehead atoms. The standard InChI is InChI=1S/C15H13.C8H18Si.C5H5.Zr/c1-10-3-5-14-12(7-10)9-13-8-11(2)4-6-15(13)14;1-7(2,3)9-8(4,5)6;1-2-4-5-3-1;/h3-9H,1-2H3;1-6H3;1-3H,4H2;/q-1;;-1;+2. The summed E-state index contributed by atoms with van der Waals surface area (Å²) in [6, 6.07) is 15.6. The predicted octanol–water partition coefficient (Wildman–Crippen LogP) is 8.76. The fourth-order valence-corrected chi connectivity index (χ4v) is 5.98. The first kappa shape index (κ1) is 25.2. The second kappa shape index (κ2) is 10.5. The largest absolute Gasteiger partial charge is 0.273 e. The summed E-state index contributed by atoms with van der Waals surface area (Å²) in [5, 5.41) is 6.63. The zero-order valence-corrected chi connectivity index (χ0v) is 23.4. The van der Waals surface area contributed by atoms with E-state index in [-0.39, 0.29) is 5.43 Å². The minimum absolute atomic E-state index is 0.131. The van der Waals surface area contributed by atoms with Crippen LogP contribution in [0.15, 0.2) is 60.7 Å². The first-order valence-corrected chi connectivity index (χ1v) is 16.0. The molecule has 0 spiro atoms. The molecule has 30 heavy (non-hydrogen) atoms. The summed E-state index contributed by atoms with van der Waals surface area (Å²) < 4.78 is 0. The van der Waals surface area contributed by atoms with Crippen LogP contribution in [0.1, 0.15) is 59.1 Å². The Bertz CT molecular complexity index is 983. The van der Waals surface area contributed by atoms with Gasteiger partial charge in [0.1, 0.15) is 0 Å². The van der Waals surface area contributed by atoms with E-state index in [4.69, 9.17) is 0 Å². The van der Waals surface area contributed by atoms with Crippen LogP contribution in [0.3, 0.4) is 0 Å². The minimum atomic E-state index is -0.131. The van der Waals surface area contributed by atoms with Crippen molar-refractivity contribution < 1.29 is 23.3 Å². The van der Waals surface area contributed by atoms with Gasteiger partial charge < -0.3 is 0 Å². The van der Waals surface area contributed by atoms with E-state index in [1.807, 2.05) is 12.2 Å². The molecule has 0 N–H and O–H groups in total. The van der Waals surface area contributed by atoms with E-state index < -0.39 is 0 Å². The van der Waals surface area contributed by atoms with Crippen LogP contribution in [-0.2, 0) is 23.3 Å². The number of benzene rings is 2. The minimum Gasteiger partial charge on any atom is -0.273 e. The smallest absolute Gasteiger partial charge is 0.0469 e. The summed E-state index contributed by atoms with van der Waals surface area (Å²) in [4.78, 5) is 0. The van der Waals surface area contributed by atoms with Crippen molar-refractivity contribution in [1.82, 2.24) is 0 Å². The average Bonchev–Trinajstić information content (AvgIpc) is 3.30. The number of aryl methyl sites for hydroxylation is 2. The van der Waals surface area contributed by atoms with Gasteiger partial charge >= 0.3 is 80.4 Å². The Morgan fingerprint density at radius 2 is 1.30 bits per heavy atom. The molecule has 3 aromatic rings. The first-order valence-electron chi connectivity index (χ1n) is 10.8. The van der Waals surface area contributed by atoms with Crippen LogP contribution in [0, 0.1) is 19.9 Å². The van der Waals surface area contributed by atoms with Gasteiger partial charge in [-0.05, 0) is 13.8 Å². The van der Waals surface area contributed by atoms with Gasteiger partial charge in [0.2, 0.25) is 0 Å². The van der Waals surface area contributed by atoms with Crippen molar-refractivity contribution in [2.24, 2.45) is 0 Å². The second-order valence-corrected chi connectivity index (χ2v) is 17.6. The van der Waals surface area contributed by atoms with Gasteiger partial charge in [-0.2, -0.15) is 6.08 Å². The third-order valence-corrected chi connectivity index (χ3v) is 19.2. The molecule has 0 saturated carbocycles. The summed E-state index contributed by atoms with van der Waals surface area (Å²) in [5.74, 6) is 0. The van der Waals surface area contributed by atoms with Crippen LogP contribution in [0.4, 0.5) is 0 Å². The molecule has 2 heteroatoms. The molecule has 0 radical (unpaired) electrons. The van der Waals surface area contributed by atoms with Crippen molar-refractivity contribution in [3.05, 3.63) is 77.9 Å². The number of rotatable bonds is 0. The Hall–Kier alpha value is -1.11. The molecule has 0 nitrogen and oxygen atoms in total. The van der Waals surface area contributed by atoms with Gasteiger partial charge in [-0.15, -0.1) is 46.2 Å². The molecule has 0 unspecified atom stereocenters. The molecule has 156 valence electrons. The molecule has 0 saturated heterocycles. The molecule has 4 rings (SSSR count). The Morgan fingerprint density at radius 3 is 1.57 bits per heavy atom. The monoisotopic (exact) mass is 490 g/mol. The molecule has 0 heterocycles. The van der Waals surface area contributed by atoms with Crippen LogP contribution in [0.25, 0.3) is 21.5 Å². The Kier molecular flexibility index (Phi) is 8.78. The van der Waals surface area contributed by atoms with Crippen molar-refractivity contribution in [2.45, 2.75) is 71.9 Å². The molecule has 1 aliphatic rings. The normalized spacial score (nSPS) is 13.1. The summed E-state index contributed by atoms with van der Waals surface area (Å²) in [7, 11) is 0. The van der Waals surface area contributed by atoms with E-state index in [9.17, 15) is 0 Å². The van der Waals surface area contributed by atoms with Crippen LogP contribution < -0.4 is 0 Å². The summed E-state index contributed by atoms with van der Waals surface area (Å²) in [6.45, 7) is 18.5. The fourth-order valence-electron chi connectivity index (χ4n) is 3.73. The maximum absolute atomic E-state index is 2.99. The molecular weight excluding hydrogens is 456 g/mol. The first-order chi connectivity index (χ1) is 13.9. The maximum atomic E-state index is 2.99. The van der Waals surface area contributed by atoms with E-state index in [0.717, 1.165) is 6.42 Å². The van der Waals surface area contributed by atoms with Gasteiger partial charge in [0.05, 0.1) is 0 Å². The van der Waals surface area contributed by atoms with Crippen molar-refractivity contribution in [1.29, 1.82) is 0 Å². The van der Waals surface area contributed by atoms with E-state index in [2.05, 4.69) is 110 Å². The van der Waals surface area contributed by atoms with E-state index in [1.54, 1.807) is 23.3 Å². The van der Waals surface area contributed by atoms with Crippen molar-refractivity contribution in [2.75, 3.05) is 0 Å². The fraction of sp³-hybridized carbons (Fsp3) is 0.393. The van der Waals surface area contributed by atoms with Crippen LogP contribution in [0.2, 0.25) is 10.1 Å². The average molecular weight is 492 g/mol. The number of fused-ring (bicyclic) bond motifs is 3. The Balaban J connectivity index is 0.000000184. The Labute approximate surface area is 199 Å². The van der Waals surface area contributed by atoms with Crippen molar-refractivity contribution in [3.8, 4) is 0 Å². The molecule has 0 aliphatic heterocycles. The summed E-state index contributed by atoms with van der Waals surface area (Å²) in [6.07, 6.45) is 10.0. The van der Waals surface area contributed by atoms with E-state index >= 15 is 0 Å². The topological polar surface area (TPSA) is 0 Å². The maximum Gasteiger partial charge on any atom is -0.0469 e. The quantitative estimate of drug-likeness (QED) is 0.218. The predicted molar refractivity (Wildman–Crippen MR) is 133 cm³/mol. The molecular formula is C28H36SiZr. The Morgan fingerprint density at radius 1 is 0.833 bits per heavy atom. The SMILES string of the molecule is CC(C)(C)[Si](=[Zr+2])C(C)(C)C.Cc1ccc2c(c1)[cH-]c1cc(C)ccc12.[C-]1=CC=CC1. The van der Waals surface area contributed by atoms with Gasteiger partial charge in [-0.3, -0.25) is 6.08 Å². The number of hydrogen-bond acceptors (Lipinski definition) is 0. The number of allylic oxidation sites excluding steroid dienone is 4. The van der Waals surface area contributed by atoms with Gasteiger partial charge in [-0.1, -0.05) is 35.4 Å². The second-order valence-electron chi connectivity index (χ2n) is 10.2. The molecule has 0 aromatic heterocycles. The van der Waals surface area contributed by atoms with Crippen LogP contribution in [-0.4, -0.2) is 5.43 Å². The number of hydrogen-bond donors (Lipinski definition) is 0. The van der Waals surface area contributed by atoms with Gasteiger partial charge in [0.25, 0.3) is 0 Å². The molecule has 1 aliphatic carbocycles. The zero-order chi connectivity index (χ0) is 22.5. The van der Waals surface area contributed by atoms with Crippen LogP contribution in [0.5, 0.6) is 0 Å². The van der Waals surface area contributed by atoms with E-state index in [0.29, 0.717) is 10.1 Å². The third kappa shape index (κ3) is 7.24. The van der Waals surface area contributed by atoms with E-state index in [1.165, 1.54) is 32.7 Å². The van der Waals surface area contributed by atoms with Crippen molar-refractivity contribution in [3.63, 3.8) is 0 Å². The molecule has 0 atom stereocenters. The van der Waals surface area contributed by atoms with Crippen molar-refractivity contribution >= 4 is 27.0 Å². The van der Waals surface area contributed by atoms with Gasteiger partial charge in [0, 0.05) is 0 Å². The summed E-state index contributed by atoms with van der Waals surface area (Å²) in [5.41, 5.74) is 2.53. The third-order valence-electron chi connectivity index (χ3n) is 5.10. The summed E-state index contributed by atoms with van der Waals surface area (Å²) >= 11 is 1.77.